The van der Waals surface area contributed by atoms with E-state index in [1.54, 1.807) is 30.3 Å². The maximum atomic E-state index is 13.5. The van der Waals surface area contributed by atoms with E-state index in [4.69, 9.17) is 28.3 Å². The van der Waals surface area contributed by atoms with Gasteiger partial charge < -0.3 is 5.32 Å². The highest BCUT2D eigenvalue weighted by molar-refractivity contribution is 7.89. The number of nitrogens with zero attached hydrogens (tertiary/aromatic N) is 1. The monoisotopic (exact) mass is 475 g/mol. The first-order valence-electron chi connectivity index (χ1n) is 8.98. The van der Waals surface area contributed by atoms with Crippen LogP contribution in [0.1, 0.15) is 22.0 Å². The first-order chi connectivity index (χ1) is 14.7. The first kappa shape index (κ1) is 21.3. The molecule has 158 valence electrons. The summed E-state index contributed by atoms with van der Waals surface area (Å²) in [5.41, 5.74) is 1.26. The molecular formula is C21H15Cl2N3O4S. The van der Waals surface area contributed by atoms with Crippen LogP contribution in [0.4, 0.5) is 11.4 Å². The Bertz CT molecular complexity index is 1310. The highest BCUT2D eigenvalue weighted by Gasteiger charge is 2.39. The molecule has 0 radical (unpaired) electrons. The van der Waals surface area contributed by atoms with Crippen LogP contribution in [0.3, 0.4) is 0 Å². The summed E-state index contributed by atoms with van der Waals surface area (Å²) in [6.07, 6.45) is 0. The molecule has 0 aliphatic carbocycles. The van der Waals surface area contributed by atoms with Crippen LogP contribution >= 0.6 is 23.2 Å². The Hall–Kier alpha value is -2.91. The van der Waals surface area contributed by atoms with E-state index in [9.17, 15) is 18.0 Å². The number of fused-ring (bicyclic) bond motifs is 1. The Morgan fingerprint density at radius 1 is 0.968 bits per heavy atom. The Morgan fingerprint density at radius 3 is 2.32 bits per heavy atom. The number of carbonyl (C=O) groups is 2. The number of carbonyl (C=O) groups excluding carboxylic acids is 2. The van der Waals surface area contributed by atoms with Gasteiger partial charge in [-0.1, -0.05) is 53.5 Å². The van der Waals surface area contributed by atoms with Crippen molar-refractivity contribution < 1.29 is 18.0 Å². The summed E-state index contributed by atoms with van der Waals surface area (Å²) in [7, 11) is -4.01. The van der Waals surface area contributed by atoms with Gasteiger partial charge in [0, 0.05) is 5.56 Å². The number of rotatable bonds is 3. The lowest BCUT2D eigenvalue weighted by atomic mass is 9.99. The fourth-order valence-corrected chi connectivity index (χ4v) is 4.23. The Labute approximate surface area is 188 Å². The number of nitrogens with two attached hydrogens (primary N) is 1. The molecule has 4 rings (SSSR count). The lowest BCUT2D eigenvalue weighted by Crippen LogP contribution is -2.45. The Morgan fingerprint density at radius 2 is 1.68 bits per heavy atom. The van der Waals surface area contributed by atoms with Crippen LogP contribution in [0.15, 0.2) is 71.6 Å². The van der Waals surface area contributed by atoms with Crippen molar-refractivity contribution in [2.75, 3.05) is 10.2 Å². The molecule has 1 unspecified atom stereocenters. The number of halogens is 2. The smallest absolute Gasteiger partial charge is 0.259 e. The highest BCUT2D eigenvalue weighted by atomic mass is 35.5. The van der Waals surface area contributed by atoms with Crippen LogP contribution in [-0.4, -0.2) is 20.2 Å². The number of amides is 2. The number of hydrogen-bond acceptors (Lipinski definition) is 4. The van der Waals surface area contributed by atoms with Crippen molar-refractivity contribution >= 4 is 56.4 Å². The topological polar surface area (TPSA) is 110 Å². The molecule has 0 saturated heterocycles. The molecule has 1 aliphatic rings. The zero-order valence-corrected chi connectivity index (χ0v) is 18.1. The van der Waals surface area contributed by atoms with E-state index in [1.807, 2.05) is 0 Å². The minimum absolute atomic E-state index is 0.150. The zero-order chi connectivity index (χ0) is 22.3. The van der Waals surface area contributed by atoms with Gasteiger partial charge >= 0.3 is 0 Å². The van der Waals surface area contributed by atoms with E-state index in [2.05, 4.69) is 5.32 Å². The molecule has 1 atom stereocenters. The average Bonchev–Trinajstić information content (AvgIpc) is 2.73. The second-order valence-corrected chi connectivity index (χ2v) is 9.21. The van der Waals surface area contributed by atoms with Gasteiger partial charge in [0.1, 0.15) is 6.04 Å². The standard InChI is InChI=1S/C21H15Cl2N3O4S/c22-15-8-6-13(10-16(15)23)21(28)26-18-9-7-14(31(24,29)30)11-17(18)25-20(27)19(26)12-4-2-1-3-5-12/h1-11,19H,(H,25,27)(H2,24,29,30). The van der Waals surface area contributed by atoms with E-state index < -0.39 is 27.9 Å². The average molecular weight is 476 g/mol. The molecule has 7 nitrogen and oxygen atoms in total. The number of primary sulfonamides is 1. The van der Waals surface area contributed by atoms with E-state index in [0.29, 0.717) is 11.3 Å². The van der Waals surface area contributed by atoms with Gasteiger partial charge in [0.25, 0.3) is 11.8 Å². The predicted molar refractivity (Wildman–Crippen MR) is 119 cm³/mol. The number of nitrogens with one attached hydrogen (secondary N) is 1. The minimum Gasteiger partial charge on any atom is -0.322 e. The van der Waals surface area contributed by atoms with Crippen LogP contribution in [0.25, 0.3) is 0 Å². The summed E-state index contributed by atoms with van der Waals surface area (Å²) >= 11 is 12.1. The van der Waals surface area contributed by atoms with E-state index in [0.717, 1.165) is 0 Å². The number of hydrogen-bond donors (Lipinski definition) is 2. The molecule has 1 heterocycles. The van der Waals surface area contributed by atoms with Crippen LogP contribution in [0.2, 0.25) is 10.0 Å². The quantitative estimate of drug-likeness (QED) is 0.596. The van der Waals surface area contributed by atoms with Gasteiger partial charge in [-0.25, -0.2) is 13.6 Å². The number of benzene rings is 3. The first-order valence-corrected chi connectivity index (χ1v) is 11.3. The number of sulfonamides is 1. The number of anilines is 2. The van der Waals surface area contributed by atoms with Gasteiger partial charge in [-0.3, -0.25) is 14.5 Å². The van der Waals surface area contributed by atoms with Gasteiger partial charge in [-0.15, -0.1) is 0 Å². The molecule has 0 bridgehead atoms. The Kier molecular flexibility index (Phi) is 5.49. The predicted octanol–water partition coefficient (Wildman–Crippen LogP) is 3.98. The van der Waals surface area contributed by atoms with E-state index in [1.165, 1.54) is 41.3 Å². The summed E-state index contributed by atoms with van der Waals surface area (Å²) in [5.74, 6) is -1.01. The maximum absolute atomic E-state index is 13.5. The third-order valence-corrected chi connectivity index (χ3v) is 6.47. The second kappa shape index (κ2) is 7.97. The van der Waals surface area contributed by atoms with Crippen molar-refractivity contribution in [2.24, 2.45) is 5.14 Å². The van der Waals surface area contributed by atoms with Crippen LogP contribution in [0.5, 0.6) is 0 Å². The Balaban J connectivity index is 1.91. The molecule has 1 aliphatic heterocycles. The molecule has 0 fully saturated rings. The fourth-order valence-electron chi connectivity index (χ4n) is 3.39. The third-order valence-electron chi connectivity index (χ3n) is 4.82. The molecule has 0 saturated carbocycles. The summed E-state index contributed by atoms with van der Waals surface area (Å²) < 4.78 is 23.5. The lowest BCUT2D eigenvalue weighted by Gasteiger charge is -2.37. The lowest BCUT2D eigenvalue weighted by molar-refractivity contribution is -0.117. The fraction of sp³-hybridized carbons (Fsp3) is 0.0476. The summed E-state index contributed by atoms with van der Waals surface area (Å²) in [4.78, 5) is 27.7. The van der Waals surface area contributed by atoms with Crippen molar-refractivity contribution in [1.82, 2.24) is 0 Å². The normalized spacial score (nSPS) is 15.9. The van der Waals surface area contributed by atoms with Crippen LogP contribution in [-0.2, 0) is 14.8 Å². The van der Waals surface area contributed by atoms with Gasteiger partial charge in [0.15, 0.2) is 0 Å². The van der Waals surface area contributed by atoms with Crippen molar-refractivity contribution in [2.45, 2.75) is 10.9 Å². The summed E-state index contributed by atoms with van der Waals surface area (Å²) in [6, 6.07) is 16.1. The molecular weight excluding hydrogens is 461 g/mol. The van der Waals surface area contributed by atoms with Crippen molar-refractivity contribution in [1.29, 1.82) is 0 Å². The van der Waals surface area contributed by atoms with Crippen LogP contribution in [0, 0.1) is 0 Å². The van der Waals surface area contributed by atoms with E-state index in [-0.39, 0.29) is 26.2 Å². The van der Waals surface area contributed by atoms with Crippen LogP contribution < -0.4 is 15.4 Å². The molecule has 0 spiro atoms. The van der Waals surface area contributed by atoms with Gasteiger partial charge in [-0.2, -0.15) is 0 Å². The molecule has 3 N–H and O–H groups in total. The van der Waals surface area contributed by atoms with Gasteiger partial charge in [-0.05, 0) is 42.0 Å². The third kappa shape index (κ3) is 4.03. The SMILES string of the molecule is NS(=O)(=O)c1ccc2c(c1)NC(=O)C(c1ccccc1)N2C(=O)c1ccc(Cl)c(Cl)c1. The molecule has 3 aromatic rings. The molecule has 10 heteroatoms. The summed E-state index contributed by atoms with van der Waals surface area (Å²) in [6.45, 7) is 0. The van der Waals surface area contributed by atoms with Gasteiger partial charge in [0.2, 0.25) is 10.0 Å². The largest absolute Gasteiger partial charge is 0.322 e. The highest BCUT2D eigenvalue weighted by Crippen LogP contribution is 2.40. The molecule has 2 amide bonds. The molecule has 0 aromatic heterocycles. The van der Waals surface area contributed by atoms with Crippen molar-refractivity contribution in [3.8, 4) is 0 Å². The molecule has 3 aromatic carbocycles. The van der Waals surface area contributed by atoms with Crippen molar-refractivity contribution in [3.63, 3.8) is 0 Å². The summed E-state index contributed by atoms with van der Waals surface area (Å²) in [5, 5.41) is 8.36. The minimum atomic E-state index is -4.01. The van der Waals surface area contributed by atoms with Crippen molar-refractivity contribution in [3.05, 3.63) is 87.9 Å². The van der Waals surface area contributed by atoms with Gasteiger partial charge in [0.05, 0.1) is 26.3 Å². The molecule has 31 heavy (non-hydrogen) atoms. The van der Waals surface area contributed by atoms with E-state index >= 15 is 0 Å². The zero-order valence-electron chi connectivity index (χ0n) is 15.7. The second-order valence-electron chi connectivity index (χ2n) is 6.83. The maximum Gasteiger partial charge on any atom is 0.259 e.